The molecule has 0 radical (unpaired) electrons. The van der Waals surface area contributed by atoms with Crippen LogP contribution in [0.25, 0.3) is 11.5 Å². The number of nitrogens with zero attached hydrogens (tertiary/aromatic N) is 1. The normalized spacial score (nSPS) is 19.3. The van der Waals surface area contributed by atoms with Gasteiger partial charge in [-0.3, -0.25) is 0 Å². The van der Waals surface area contributed by atoms with Crippen molar-refractivity contribution in [3.63, 3.8) is 0 Å². The number of ether oxygens (including phenoxy) is 3. The molecule has 0 aliphatic heterocycles. The number of aryl methyl sites for hydroxylation is 1. The highest BCUT2D eigenvalue weighted by atomic mass is 16.5. The summed E-state index contributed by atoms with van der Waals surface area (Å²) in [6.07, 6.45) is 4.97. The fourth-order valence-electron chi connectivity index (χ4n) is 4.87. The Bertz CT molecular complexity index is 1160. The van der Waals surface area contributed by atoms with Crippen LogP contribution in [-0.4, -0.2) is 41.5 Å². The highest BCUT2D eigenvalue weighted by Gasteiger charge is 2.36. The maximum absolute atomic E-state index is 12.1. The van der Waals surface area contributed by atoms with Crippen LogP contribution in [0.15, 0.2) is 59.0 Å². The number of aliphatic carboxylic acids is 1. The van der Waals surface area contributed by atoms with E-state index in [0.29, 0.717) is 25.5 Å². The number of hydrogen-bond donors (Lipinski definition) is 1. The first kappa shape index (κ1) is 26.9. The van der Waals surface area contributed by atoms with Gasteiger partial charge in [-0.25, -0.2) is 9.78 Å². The second-order valence-corrected chi connectivity index (χ2v) is 9.95. The van der Waals surface area contributed by atoms with Crippen LogP contribution in [0.2, 0.25) is 0 Å². The Kier molecular flexibility index (Phi) is 9.00. The third-order valence-corrected chi connectivity index (χ3v) is 7.08. The average Bonchev–Trinajstić information content (AvgIpc) is 3.35. The number of rotatable bonds is 12. The summed E-state index contributed by atoms with van der Waals surface area (Å²) in [5.74, 6) is 1.46. The van der Waals surface area contributed by atoms with E-state index in [1.165, 1.54) is 0 Å². The molecule has 198 valence electrons. The number of methoxy groups -OCH3 is 1. The highest BCUT2D eigenvalue weighted by molar-refractivity contribution is 5.77. The first-order valence-corrected chi connectivity index (χ1v) is 13.1. The predicted octanol–water partition coefficient (Wildman–Crippen LogP) is 6.09. The second-order valence-electron chi connectivity index (χ2n) is 9.95. The molecule has 0 amide bonds. The fourth-order valence-corrected chi connectivity index (χ4v) is 4.87. The van der Waals surface area contributed by atoms with Crippen molar-refractivity contribution in [2.45, 2.75) is 70.7 Å². The van der Waals surface area contributed by atoms with Crippen molar-refractivity contribution in [3.05, 3.63) is 71.6 Å². The lowest BCUT2D eigenvalue weighted by molar-refractivity contribution is -0.166. The molecule has 1 fully saturated rings. The number of hydrogen-bond acceptors (Lipinski definition) is 6. The number of carbonyl (C=O) groups is 1. The Balaban J connectivity index is 1.34. The third kappa shape index (κ3) is 6.99. The maximum Gasteiger partial charge on any atom is 0.336 e. The van der Waals surface area contributed by atoms with Crippen LogP contribution < -0.4 is 4.74 Å². The van der Waals surface area contributed by atoms with Gasteiger partial charge in [0, 0.05) is 18.4 Å². The molecule has 0 bridgehead atoms. The Hall–Kier alpha value is -3.16. The molecule has 7 heteroatoms. The molecule has 1 aliphatic rings. The van der Waals surface area contributed by atoms with Gasteiger partial charge in [0.05, 0.1) is 26.4 Å². The minimum absolute atomic E-state index is 0.0780. The zero-order valence-corrected chi connectivity index (χ0v) is 21.9. The first-order valence-electron chi connectivity index (χ1n) is 13.1. The molecule has 1 heterocycles. The molecule has 0 spiro atoms. The minimum atomic E-state index is -1.26. The first-order chi connectivity index (χ1) is 17.9. The van der Waals surface area contributed by atoms with Gasteiger partial charge < -0.3 is 23.7 Å². The van der Waals surface area contributed by atoms with Crippen molar-refractivity contribution >= 4 is 5.97 Å². The molecule has 1 N–H and O–H groups in total. The summed E-state index contributed by atoms with van der Waals surface area (Å²) in [5, 5.41) is 9.88. The highest BCUT2D eigenvalue weighted by Crippen LogP contribution is 2.31. The molecule has 7 nitrogen and oxygen atoms in total. The Labute approximate surface area is 218 Å². The van der Waals surface area contributed by atoms with Gasteiger partial charge in [-0.2, -0.15) is 0 Å². The predicted molar refractivity (Wildman–Crippen MR) is 141 cm³/mol. The van der Waals surface area contributed by atoms with Gasteiger partial charge in [0.1, 0.15) is 17.2 Å². The monoisotopic (exact) mass is 507 g/mol. The van der Waals surface area contributed by atoms with E-state index in [-0.39, 0.29) is 12.0 Å². The van der Waals surface area contributed by atoms with E-state index in [1.807, 2.05) is 61.5 Å². The van der Waals surface area contributed by atoms with E-state index < -0.39 is 11.6 Å². The van der Waals surface area contributed by atoms with Gasteiger partial charge in [0.2, 0.25) is 5.89 Å². The quantitative estimate of drug-likeness (QED) is 0.317. The van der Waals surface area contributed by atoms with Crippen molar-refractivity contribution < 1.29 is 28.5 Å². The molecule has 3 aromatic rings. The number of carboxylic acid groups (broad SMARTS) is 1. The Morgan fingerprint density at radius 1 is 1.16 bits per heavy atom. The van der Waals surface area contributed by atoms with E-state index in [1.54, 1.807) is 14.0 Å². The van der Waals surface area contributed by atoms with E-state index in [0.717, 1.165) is 60.4 Å². The van der Waals surface area contributed by atoms with Crippen LogP contribution in [0.3, 0.4) is 0 Å². The third-order valence-electron chi connectivity index (χ3n) is 7.08. The van der Waals surface area contributed by atoms with E-state index in [9.17, 15) is 9.90 Å². The maximum atomic E-state index is 12.1. The minimum Gasteiger partial charge on any atom is -0.497 e. The van der Waals surface area contributed by atoms with Gasteiger partial charge in [0.25, 0.3) is 0 Å². The number of benzene rings is 2. The van der Waals surface area contributed by atoms with Crippen LogP contribution in [0.5, 0.6) is 5.75 Å². The molecule has 2 unspecified atom stereocenters. The molecule has 0 saturated heterocycles. The SMILES string of the molecule is CCc1oc(-c2cccc(OC)c2)nc1CO[C@H]1CCCC(COC(C)(Cc2ccccc2)C(=O)O)C1. The summed E-state index contributed by atoms with van der Waals surface area (Å²) in [5.41, 5.74) is 1.37. The summed E-state index contributed by atoms with van der Waals surface area (Å²) in [6, 6.07) is 17.3. The van der Waals surface area contributed by atoms with Crippen molar-refractivity contribution in [2.24, 2.45) is 5.92 Å². The van der Waals surface area contributed by atoms with Crippen LogP contribution in [0, 0.1) is 5.92 Å². The largest absolute Gasteiger partial charge is 0.497 e. The van der Waals surface area contributed by atoms with E-state index in [2.05, 4.69) is 0 Å². The fraction of sp³-hybridized carbons (Fsp3) is 0.467. The zero-order valence-electron chi connectivity index (χ0n) is 21.9. The molecule has 3 atom stereocenters. The Morgan fingerprint density at radius 2 is 1.97 bits per heavy atom. The topological polar surface area (TPSA) is 91.0 Å². The smallest absolute Gasteiger partial charge is 0.336 e. The van der Waals surface area contributed by atoms with Crippen molar-refractivity contribution in [1.82, 2.24) is 4.98 Å². The molecular formula is C30H37NO6. The summed E-state index contributed by atoms with van der Waals surface area (Å²) in [7, 11) is 1.64. The van der Waals surface area contributed by atoms with E-state index >= 15 is 0 Å². The van der Waals surface area contributed by atoms with Crippen LogP contribution >= 0.6 is 0 Å². The van der Waals surface area contributed by atoms with Gasteiger partial charge >= 0.3 is 5.97 Å². The summed E-state index contributed by atoms with van der Waals surface area (Å²) >= 11 is 0. The number of oxazole rings is 1. The average molecular weight is 508 g/mol. The molecule has 1 aliphatic carbocycles. The van der Waals surface area contributed by atoms with Gasteiger partial charge in [0.15, 0.2) is 5.60 Å². The van der Waals surface area contributed by atoms with Crippen molar-refractivity contribution in [2.75, 3.05) is 13.7 Å². The van der Waals surface area contributed by atoms with Gasteiger partial charge in [-0.05, 0) is 55.9 Å². The molecular weight excluding hydrogens is 470 g/mol. The summed E-state index contributed by atoms with van der Waals surface area (Å²) < 4.78 is 23.7. The number of carboxylic acids is 1. The molecule has 1 aromatic heterocycles. The van der Waals surface area contributed by atoms with Crippen molar-refractivity contribution in [1.29, 1.82) is 0 Å². The van der Waals surface area contributed by atoms with E-state index in [4.69, 9.17) is 23.6 Å². The lowest BCUT2D eigenvalue weighted by Crippen LogP contribution is -2.42. The van der Waals surface area contributed by atoms with Crippen molar-refractivity contribution in [3.8, 4) is 17.2 Å². The van der Waals surface area contributed by atoms with Gasteiger partial charge in [-0.1, -0.05) is 49.7 Å². The van der Waals surface area contributed by atoms with Crippen LogP contribution in [-0.2, 0) is 33.7 Å². The molecule has 37 heavy (non-hydrogen) atoms. The molecule has 4 rings (SSSR count). The summed E-state index contributed by atoms with van der Waals surface area (Å²) in [6.45, 7) is 4.49. The lowest BCUT2D eigenvalue weighted by atomic mass is 9.87. The lowest BCUT2D eigenvalue weighted by Gasteiger charge is -2.32. The second kappa shape index (κ2) is 12.4. The van der Waals surface area contributed by atoms with Crippen LogP contribution in [0.1, 0.15) is 56.5 Å². The summed E-state index contributed by atoms with van der Waals surface area (Å²) in [4.78, 5) is 16.8. The van der Waals surface area contributed by atoms with Crippen LogP contribution in [0.4, 0.5) is 0 Å². The Morgan fingerprint density at radius 3 is 2.70 bits per heavy atom. The molecule has 2 aromatic carbocycles. The number of aromatic nitrogens is 1. The molecule has 1 saturated carbocycles. The standard InChI is InChI=1S/C30H37NO6/c1-4-27-26(31-28(37-27)23-13-9-14-24(17-23)34-3)20-35-25-15-8-12-22(16-25)19-36-30(2,29(32)33)18-21-10-6-5-7-11-21/h5-7,9-11,13-14,17,22,25H,4,8,12,15-16,18-20H2,1-3H3,(H,32,33)/t22?,25-,30?/m0/s1. The zero-order chi connectivity index (χ0) is 26.3. The van der Waals surface area contributed by atoms with Gasteiger partial charge in [-0.15, -0.1) is 0 Å².